The maximum Gasteiger partial charge on any atom is -0.0143 e. The third kappa shape index (κ3) is 3.16. The van der Waals surface area contributed by atoms with Gasteiger partial charge in [0.2, 0.25) is 0 Å². The van der Waals surface area contributed by atoms with Crippen molar-refractivity contribution in [3.05, 3.63) is 67.1 Å². The average Bonchev–Trinajstić information content (AvgIpc) is 2.56. The Morgan fingerprint density at radius 2 is 1.55 bits per heavy atom. The second-order valence-corrected chi connectivity index (χ2v) is 6.31. The van der Waals surface area contributed by atoms with Crippen molar-refractivity contribution in [2.24, 2.45) is 0 Å². The second kappa shape index (κ2) is 6.96. The molecule has 22 heavy (non-hydrogen) atoms. The molecule has 3 rings (SSSR count). The van der Waals surface area contributed by atoms with Gasteiger partial charge in [-0.3, -0.25) is 0 Å². The molecule has 1 unspecified atom stereocenters. The summed E-state index contributed by atoms with van der Waals surface area (Å²) in [5.41, 5.74) is 1.40. The van der Waals surface area contributed by atoms with Gasteiger partial charge in [-0.15, -0.1) is 0 Å². The first kappa shape index (κ1) is 15.1. The van der Waals surface area contributed by atoms with Crippen molar-refractivity contribution in [1.29, 1.82) is 0 Å². The summed E-state index contributed by atoms with van der Waals surface area (Å²) in [6.07, 6.45) is 6.43. The van der Waals surface area contributed by atoms with Crippen LogP contribution in [0.1, 0.15) is 50.5 Å². The number of fused-ring (bicyclic) bond motifs is 2. The van der Waals surface area contributed by atoms with Gasteiger partial charge in [0.15, 0.2) is 0 Å². The van der Waals surface area contributed by atoms with E-state index < -0.39 is 0 Å². The van der Waals surface area contributed by atoms with Gasteiger partial charge in [-0.25, -0.2) is 0 Å². The average molecular weight is 289 g/mol. The van der Waals surface area contributed by atoms with E-state index in [1.807, 2.05) is 0 Å². The van der Waals surface area contributed by atoms with E-state index in [2.05, 4.69) is 68.4 Å². The molecule has 1 atom stereocenters. The van der Waals surface area contributed by atoms with Crippen LogP contribution >= 0.6 is 0 Å². The van der Waals surface area contributed by atoms with Crippen LogP contribution in [0.25, 0.3) is 21.5 Å². The summed E-state index contributed by atoms with van der Waals surface area (Å²) in [7, 11) is 0. The fraction of sp³-hybridized carbons (Fsp3) is 0.318. The fourth-order valence-electron chi connectivity index (χ4n) is 3.32. The minimum absolute atomic E-state index is 0.390. The number of hydrogen-bond acceptors (Lipinski definition) is 0. The van der Waals surface area contributed by atoms with Crippen molar-refractivity contribution in [2.45, 2.75) is 44.9 Å². The van der Waals surface area contributed by atoms with E-state index >= 15 is 0 Å². The van der Waals surface area contributed by atoms with E-state index in [1.54, 1.807) is 0 Å². The van der Waals surface area contributed by atoms with Gasteiger partial charge in [-0.1, -0.05) is 75.1 Å². The highest BCUT2D eigenvalue weighted by molar-refractivity contribution is 5.99. The summed E-state index contributed by atoms with van der Waals surface area (Å²) in [5.74, 6) is 0.390. The highest BCUT2D eigenvalue weighted by Crippen LogP contribution is 2.31. The molecule has 0 aliphatic rings. The quantitative estimate of drug-likeness (QED) is 0.342. The Labute approximate surface area is 134 Å². The molecule has 0 amide bonds. The molecule has 0 N–H and O–H groups in total. The molecule has 0 saturated carbocycles. The fourth-order valence-corrected chi connectivity index (χ4v) is 3.32. The third-order valence-electron chi connectivity index (χ3n) is 4.63. The minimum Gasteiger partial charge on any atom is -0.0654 e. The number of hydrogen-bond donors (Lipinski definition) is 0. The Morgan fingerprint density at radius 1 is 0.818 bits per heavy atom. The molecular weight excluding hydrogens is 264 g/mol. The van der Waals surface area contributed by atoms with Gasteiger partial charge in [-0.05, 0) is 58.5 Å². The van der Waals surface area contributed by atoms with E-state index in [9.17, 15) is 0 Å². The highest BCUT2D eigenvalue weighted by atomic mass is 14.1. The zero-order chi connectivity index (χ0) is 15.4. The van der Waals surface area contributed by atoms with E-state index in [0.29, 0.717) is 5.92 Å². The molecule has 0 aromatic heterocycles. The molecule has 0 nitrogen and oxygen atoms in total. The van der Waals surface area contributed by atoms with Gasteiger partial charge >= 0.3 is 0 Å². The van der Waals surface area contributed by atoms with Crippen LogP contribution in [0.4, 0.5) is 0 Å². The SMILES string of the molecule is [CH2]C(CCCCCC)c1cccc2cc3ccccc3cc12. The van der Waals surface area contributed by atoms with Crippen LogP contribution in [0.2, 0.25) is 0 Å². The number of unbranched alkanes of at least 4 members (excludes halogenated alkanes) is 3. The zero-order valence-corrected chi connectivity index (χ0v) is 13.5. The topological polar surface area (TPSA) is 0 Å². The summed E-state index contributed by atoms with van der Waals surface area (Å²) >= 11 is 0. The van der Waals surface area contributed by atoms with Gasteiger partial charge in [0, 0.05) is 0 Å². The summed E-state index contributed by atoms with van der Waals surface area (Å²) < 4.78 is 0. The zero-order valence-electron chi connectivity index (χ0n) is 13.5. The van der Waals surface area contributed by atoms with Crippen molar-refractivity contribution < 1.29 is 0 Å². The van der Waals surface area contributed by atoms with Gasteiger partial charge in [-0.2, -0.15) is 0 Å². The van der Waals surface area contributed by atoms with E-state index in [0.717, 1.165) is 0 Å². The van der Waals surface area contributed by atoms with Crippen molar-refractivity contribution in [2.75, 3.05) is 0 Å². The van der Waals surface area contributed by atoms with Crippen LogP contribution in [0.5, 0.6) is 0 Å². The van der Waals surface area contributed by atoms with Gasteiger partial charge < -0.3 is 0 Å². The smallest absolute Gasteiger partial charge is 0.0143 e. The molecule has 0 aliphatic carbocycles. The Kier molecular flexibility index (Phi) is 4.77. The standard InChI is InChI=1S/C22H25/c1-3-4-5-6-10-17(2)21-14-9-13-20-15-18-11-7-8-12-19(18)16-22(20)21/h7-9,11-17H,2-6,10H2,1H3. The first-order chi connectivity index (χ1) is 10.8. The molecule has 1 radical (unpaired) electrons. The van der Waals surface area contributed by atoms with Crippen LogP contribution in [0.3, 0.4) is 0 Å². The highest BCUT2D eigenvalue weighted by Gasteiger charge is 2.10. The van der Waals surface area contributed by atoms with Crippen molar-refractivity contribution in [3.8, 4) is 0 Å². The molecular formula is C22H25. The van der Waals surface area contributed by atoms with Crippen LogP contribution in [0, 0.1) is 6.92 Å². The molecule has 0 spiro atoms. The lowest BCUT2D eigenvalue weighted by Crippen LogP contribution is -1.96. The Balaban J connectivity index is 1.93. The Hall–Kier alpha value is -1.82. The summed E-state index contributed by atoms with van der Waals surface area (Å²) in [4.78, 5) is 0. The predicted octanol–water partition coefficient (Wildman–Crippen LogP) is 6.88. The molecule has 0 fully saturated rings. The van der Waals surface area contributed by atoms with Crippen molar-refractivity contribution >= 4 is 21.5 Å². The number of benzene rings is 3. The van der Waals surface area contributed by atoms with Crippen molar-refractivity contribution in [1.82, 2.24) is 0 Å². The largest absolute Gasteiger partial charge is 0.0654 e. The van der Waals surface area contributed by atoms with Crippen LogP contribution in [-0.4, -0.2) is 0 Å². The Morgan fingerprint density at radius 3 is 2.32 bits per heavy atom. The lowest BCUT2D eigenvalue weighted by Gasteiger charge is -2.15. The van der Waals surface area contributed by atoms with Crippen LogP contribution in [0.15, 0.2) is 54.6 Å². The lowest BCUT2D eigenvalue weighted by molar-refractivity contribution is 0.604. The molecule has 3 aromatic rings. The monoisotopic (exact) mass is 289 g/mol. The summed E-state index contributed by atoms with van der Waals surface area (Å²) in [6, 6.07) is 19.9. The summed E-state index contributed by atoms with van der Waals surface area (Å²) in [6.45, 7) is 6.70. The lowest BCUT2D eigenvalue weighted by atomic mass is 9.89. The molecule has 0 heterocycles. The predicted molar refractivity (Wildman–Crippen MR) is 98.3 cm³/mol. The van der Waals surface area contributed by atoms with Gasteiger partial charge in [0.25, 0.3) is 0 Å². The first-order valence-electron chi connectivity index (χ1n) is 8.54. The van der Waals surface area contributed by atoms with Crippen molar-refractivity contribution in [3.63, 3.8) is 0 Å². The molecule has 0 saturated heterocycles. The second-order valence-electron chi connectivity index (χ2n) is 6.31. The molecule has 113 valence electrons. The van der Waals surface area contributed by atoms with Gasteiger partial charge in [0.1, 0.15) is 0 Å². The van der Waals surface area contributed by atoms with E-state index in [4.69, 9.17) is 0 Å². The van der Waals surface area contributed by atoms with E-state index in [1.165, 1.54) is 59.2 Å². The molecule has 0 bridgehead atoms. The van der Waals surface area contributed by atoms with E-state index in [-0.39, 0.29) is 0 Å². The maximum atomic E-state index is 4.44. The number of rotatable bonds is 6. The first-order valence-corrected chi connectivity index (χ1v) is 8.54. The van der Waals surface area contributed by atoms with Crippen LogP contribution < -0.4 is 0 Å². The summed E-state index contributed by atoms with van der Waals surface area (Å²) in [5, 5.41) is 5.34. The van der Waals surface area contributed by atoms with Crippen LogP contribution in [-0.2, 0) is 0 Å². The normalized spacial score (nSPS) is 12.8. The molecule has 0 aliphatic heterocycles. The minimum atomic E-state index is 0.390. The molecule has 0 heteroatoms. The third-order valence-corrected chi connectivity index (χ3v) is 4.63. The van der Waals surface area contributed by atoms with Gasteiger partial charge in [0.05, 0.1) is 0 Å². The Bertz CT molecular complexity index is 754. The maximum absolute atomic E-state index is 4.44. The molecule has 3 aromatic carbocycles.